The van der Waals surface area contributed by atoms with E-state index in [1.165, 1.54) is 10.8 Å². The van der Waals surface area contributed by atoms with Crippen LogP contribution in [0.4, 0.5) is 0 Å². The number of halogens is 2. The zero-order valence-electron chi connectivity index (χ0n) is 21.1. The van der Waals surface area contributed by atoms with Gasteiger partial charge in [-0.05, 0) is 30.8 Å². The summed E-state index contributed by atoms with van der Waals surface area (Å²) < 4.78 is 11.4. The Morgan fingerprint density at radius 3 is 2.03 bits per heavy atom. The second kappa shape index (κ2) is 12.1. The molecule has 8 heteroatoms. The van der Waals surface area contributed by atoms with Crippen molar-refractivity contribution < 1.29 is 19.4 Å². The minimum absolute atomic E-state index is 0. The lowest BCUT2D eigenvalue weighted by Crippen LogP contribution is -2.48. The second-order valence-corrected chi connectivity index (χ2v) is 9.92. The van der Waals surface area contributed by atoms with E-state index < -0.39 is 5.92 Å². The van der Waals surface area contributed by atoms with Crippen LogP contribution in [0.15, 0.2) is 84.9 Å². The first kappa shape index (κ1) is 28.5. The van der Waals surface area contributed by atoms with Crippen LogP contribution in [0, 0.1) is 0 Å². The summed E-state index contributed by atoms with van der Waals surface area (Å²) in [5.74, 6) is -0.915. The molecule has 4 aromatic rings. The highest BCUT2D eigenvalue weighted by Gasteiger charge is 2.62. The molecule has 6 nitrogen and oxygen atoms in total. The fourth-order valence-electron chi connectivity index (χ4n) is 5.76. The van der Waals surface area contributed by atoms with E-state index in [2.05, 4.69) is 35.1 Å². The highest BCUT2D eigenvalue weighted by atomic mass is 79.9. The van der Waals surface area contributed by atoms with Crippen molar-refractivity contribution in [3.8, 4) is 0 Å². The molecule has 6 atom stereocenters. The Kier molecular flexibility index (Phi) is 9.06. The largest absolute Gasteiger partial charge is 0.462 e. The minimum Gasteiger partial charge on any atom is -0.462 e. The van der Waals surface area contributed by atoms with Crippen LogP contribution in [0.1, 0.15) is 24.3 Å². The van der Waals surface area contributed by atoms with Crippen LogP contribution in [0.5, 0.6) is 0 Å². The maximum Gasteiger partial charge on any atom is 0.316 e. The molecule has 200 valence electrons. The molecule has 3 aliphatic heterocycles. The summed E-state index contributed by atoms with van der Waals surface area (Å²) in [7, 11) is 2.13. The first-order valence-corrected chi connectivity index (χ1v) is 12.6. The number of carbonyl (C=O) groups excluding carboxylic acids is 1. The van der Waals surface area contributed by atoms with Gasteiger partial charge in [0.2, 0.25) is 0 Å². The molecule has 3 aliphatic rings. The summed E-state index contributed by atoms with van der Waals surface area (Å²) in [6.07, 6.45) is 2.26. The van der Waals surface area contributed by atoms with Gasteiger partial charge in [0.05, 0.1) is 17.6 Å². The van der Waals surface area contributed by atoms with Crippen molar-refractivity contribution in [3.05, 3.63) is 90.5 Å². The van der Waals surface area contributed by atoms with Gasteiger partial charge in [-0.1, -0.05) is 66.7 Å². The van der Waals surface area contributed by atoms with Gasteiger partial charge in [-0.2, -0.15) is 0 Å². The van der Waals surface area contributed by atoms with E-state index in [0.717, 1.165) is 29.4 Å². The van der Waals surface area contributed by atoms with Gasteiger partial charge in [0.15, 0.2) is 0 Å². The van der Waals surface area contributed by atoms with E-state index in [4.69, 9.17) is 9.47 Å². The van der Waals surface area contributed by atoms with Crippen LogP contribution in [0.2, 0.25) is 0 Å². The van der Waals surface area contributed by atoms with Crippen molar-refractivity contribution in [2.24, 2.45) is 0 Å². The first-order valence-electron chi connectivity index (χ1n) is 12.6. The smallest absolute Gasteiger partial charge is 0.316 e. The summed E-state index contributed by atoms with van der Waals surface area (Å²) in [5, 5.41) is 12.0. The quantitative estimate of drug-likeness (QED) is 0.195. The number of aliphatic hydroxyl groups is 1. The van der Waals surface area contributed by atoms with Crippen LogP contribution in [0.25, 0.3) is 21.8 Å². The number of esters is 1. The number of fused-ring (bicyclic) bond motifs is 7. The van der Waals surface area contributed by atoms with Crippen LogP contribution < -0.4 is 0 Å². The van der Waals surface area contributed by atoms with Crippen LogP contribution >= 0.6 is 29.4 Å². The molecule has 2 bridgehead atoms. The third-order valence-electron chi connectivity index (χ3n) is 7.75. The molecule has 7 rings (SSSR count). The fourth-order valence-corrected chi connectivity index (χ4v) is 5.76. The number of rotatable bonds is 4. The molecule has 1 aromatic heterocycles. The van der Waals surface area contributed by atoms with E-state index in [1.807, 2.05) is 66.7 Å². The average molecular weight is 600 g/mol. The number of aromatic nitrogens is 1. The zero-order chi connectivity index (χ0) is 24.6. The van der Waals surface area contributed by atoms with Crippen LogP contribution in [-0.2, 0) is 14.3 Å². The molecule has 0 saturated carbocycles. The van der Waals surface area contributed by atoms with Crippen molar-refractivity contribution in [2.75, 3.05) is 13.7 Å². The predicted molar refractivity (Wildman–Crippen MR) is 156 cm³/mol. The number of morpholine rings is 1. The van der Waals surface area contributed by atoms with Crippen LogP contribution in [-0.4, -0.2) is 65.0 Å². The van der Waals surface area contributed by atoms with Gasteiger partial charge < -0.3 is 14.6 Å². The van der Waals surface area contributed by atoms with Gasteiger partial charge in [0, 0.05) is 35.7 Å². The maximum atomic E-state index is 12.4. The monoisotopic (exact) mass is 598 g/mol. The van der Waals surface area contributed by atoms with E-state index in [-0.39, 0.29) is 48.1 Å². The van der Waals surface area contributed by atoms with Gasteiger partial charge in [0.1, 0.15) is 24.2 Å². The summed E-state index contributed by atoms with van der Waals surface area (Å²) in [5.41, 5.74) is 2.93. The van der Waals surface area contributed by atoms with Crippen molar-refractivity contribution in [1.29, 1.82) is 0 Å². The van der Waals surface area contributed by atoms with Gasteiger partial charge in [0.25, 0.3) is 0 Å². The Balaban J connectivity index is 0.000000183. The summed E-state index contributed by atoms with van der Waals surface area (Å²) in [4.78, 5) is 19.4. The number of hydrogen-bond acceptors (Lipinski definition) is 6. The number of piperidine rings is 1. The number of benzene rings is 3. The van der Waals surface area contributed by atoms with Gasteiger partial charge in [-0.3, -0.25) is 9.69 Å². The molecule has 38 heavy (non-hydrogen) atoms. The average Bonchev–Trinajstić information content (AvgIpc) is 3.67. The van der Waals surface area contributed by atoms with Gasteiger partial charge in [-0.15, -0.1) is 29.4 Å². The Labute approximate surface area is 239 Å². The lowest BCUT2D eigenvalue weighted by Gasteiger charge is -2.38. The third-order valence-corrected chi connectivity index (χ3v) is 7.75. The second-order valence-electron chi connectivity index (χ2n) is 9.92. The Bertz CT molecular complexity index is 1270. The number of epoxide rings is 1. The molecule has 3 saturated heterocycles. The molecule has 3 aromatic carbocycles. The molecule has 4 heterocycles. The number of nitrogens with zero attached hydrogens (tertiary/aromatic N) is 2. The Morgan fingerprint density at radius 2 is 1.47 bits per heavy atom. The highest BCUT2D eigenvalue weighted by Crippen LogP contribution is 2.48. The number of ether oxygens (including phenoxy) is 2. The third kappa shape index (κ3) is 5.58. The Morgan fingerprint density at radius 1 is 0.947 bits per heavy atom. The lowest BCUT2D eigenvalue weighted by atomic mass is 9.97. The van der Waals surface area contributed by atoms with E-state index in [1.54, 1.807) is 0 Å². The minimum atomic E-state index is -0.593. The highest BCUT2D eigenvalue weighted by molar-refractivity contribution is 8.93. The molecule has 1 N–H and O–H groups in total. The Hall–Kier alpha value is -2.55. The lowest BCUT2D eigenvalue weighted by molar-refractivity contribution is -0.156. The molecular weight excluding hydrogens is 568 g/mol. The SMILES string of the molecule is Br.CN1[C@H]2CC(OC(=O)[C@H](CO)c3ccccc3)C[C@H]1[C@H]1O[C@H]12.Cl.c1ccc2nc3ccccc3cc2c1. The van der Waals surface area contributed by atoms with E-state index in [0.29, 0.717) is 24.3 Å². The summed E-state index contributed by atoms with van der Waals surface area (Å²) in [6, 6.07) is 28.6. The first-order chi connectivity index (χ1) is 17.6. The van der Waals surface area contributed by atoms with Crippen molar-refractivity contribution in [3.63, 3.8) is 0 Å². The maximum absolute atomic E-state index is 12.4. The fraction of sp³-hybridized carbons (Fsp3) is 0.333. The number of pyridine rings is 1. The topological polar surface area (TPSA) is 75.2 Å². The van der Waals surface area contributed by atoms with Crippen molar-refractivity contribution in [2.45, 2.75) is 49.2 Å². The normalized spacial score (nSPS) is 25.7. The number of likely N-dealkylation sites (N-methyl/N-ethyl adjacent to an activating group) is 1. The number of para-hydroxylation sites is 2. The molecule has 0 radical (unpaired) electrons. The van der Waals surface area contributed by atoms with Gasteiger partial charge >= 0.3 is 5.97 Å². The summed E-state index contributed by atoms with van der Waals surface area (Å²) >= 11 is 0. The molecule has 0 aliphatic carbocycles. The standard InChI is InChI=1S/C17H21NO4.C13H9N.BrH.ClH/c1-18-13-7-11(8-14(18)16-15(13)22-16)21-17(20)12(9-19)10-5-3-2-4-6-10;1-3-7-12-10(5-1)9-11-6-2-4-8-13(11)14-12;;/h2-6,11-16,19H,7-9H2,1H3;1-9H;2*1H/t11?,12-,13+,14+,15-,16+;;;/m1.../s1. The number of hydrogen-bond donors (Lipinski definition) is 1. The van der Waals surface area contributed by atoms with Gasteiger partial charge in [-0.25, -0.2) is 4.98 Å². The van der Waals surface area contributed by atoms with Crippen molar-refractivity contribution >= 4 is 57.2 Å². The van der Waals surface area contributed by atoms with Crippen molar-refractivity contribution in [1.82, 2.24) is 9.88 Å². The zero-order valence-corrected chi connectivity index (χ0v) is 23.6. The van der Waals surface area contributed by atoms with E-state index >= 15 is 0 Å². The predicted octanol–water partition coefficient (Wildman–Crippen LogP) is 5.31. The molecule has 3 fully saturated rings. The number of aliphatic hydroxyl groups excluding tert-OH is 1. The van der Waals surface area contributed by atoms with Crippen LogP contribution in [0.3, 0.4) is 0 Å². The van der Waals surface area contributed by atoms with E-state index in [9.17, 15) is 9.90 Å². The number of carbonyl (C=O) groups is 1. The molecule has 0 spiro atoms. The molecule has 0 amide bonds. The molecule has 1 unspecified atom stereocenters. The summed E-state index contributed by atoms with van der Waals surface area (Å²) in [6.45, 7) is -0.226. The molecular formula is C30H32BrClN2O4.